The standard InChI is InChI=1S/C16H17IN4O2S2.C2H6/c1-11-8-12-9-15(16(22)2-3-18)21(24-17)14(12)10-13(11)19-25-20-4-6-23-7-5-20;1-2/h8-10,19H,2,4-7H2,1H3;1-2H3. The summed E-state index contributed by atoms with van der Waals surface area (Å²) in [6.07, 6.45) is -0.107. The van der Waals surface area contributed by atoms with Gasteiger partial charge in [0, 0.05) is 60.9 Å². The third-order valence-electron chi connectivity index (χ3n) is 3.95. The molecule has 0 unspecified atom stereocenters. The normalized spacial score (nSPS) is 14.3. The zero-order valence-corrected chi connectivity index (χ0v) is 19.4. The molecule has 0 bridgehead atoms. The highest BCUT2D eigenvalue weighted by molar-refractivity contribution is 14.2. The lowest BCUT2D eigenvalue weighted by atomic mass is 10.1. The summed E-state index contributed by atoms with van der Waals surface area (Å²) >= 11 is 3.74. The van der Waals surface area contributed by atoms with Crippen LogP contribution in [0, 0.1) is 18.3 Å². The van der Waals surface area contributed by atoms with E-state index in [1.54, 1.807) is 12.1 Å². The first-order chi connectivity index (χ1) is 13.1. The SMILES string of the molecule is CC.Cc1cc2cc(C(=O)CC#N)n(SI)c2cc1NSN1CCOCC1. The molecule has 9 heteroatoms. The lowest BCUT2D eigenvalue weighted by molar-refractivity contribution is 0.0775. The predicted octanol–water partition coefficient (Wildman–Crippen LogP) is 5.23. The number of anilines is 1. The Morgan fingerprint density at radius 2 is 2.04 bits per heavy atom. The second-order valence-electron chi connectivity index (χ2n) is 5.61. The maximum absolute atomic E-state index is 12.2. The summed E-state index contributed by atoms with van der Waals surface area (Å²) in [5.74, 6) is -0.155. The van der Waals surface area contributed by atoms with Crippen LogP contribution >= 0.6 is 42.5 Å². The second-order valence-corrected chi connectivity index (χ2v) is 8.20. The molecule has 27 heavy (non-hydrogen) atoms. The molecule has 0 radical (unpaired) electrons. The molecule has 1 aliphatic heterocycles. The number of benzene rings is 1. The van der Waals surface area contributed by atoms with Crippen LogP contribution in [0.3, 0.4) is 0 Å². The van der Waals surface area contributed by atoms with Gasteiger partial charge in [-0.1, -0.05) is 13.8 Å². The fourth-order valence-corrected chi connectivity index (χ4v) is 5.15. The molecule has 0 spiro atoms. The molecule has 1 saturated heterocycles. The molecule has 3 rings (SSSR count). The molecule has 2 heterocycles. The number of ether oxygens (including phenoxy) is 1. The average Bonchev–Trinajstić information content (AvgIpc) is 3.06. The minimum absolute atomic E-state index is 0.107. The number of Topliss-reactive ketones (excluding diaryl/α,β-unsaturated/α-hetero) is 1. The third kappa shape index (κ3) is 5.54. The van der Waals surface area contributed by atoms with Crippen LogP contribution < -0.4 is 4.72 Å². The van der Waals surface area contributed by atoms with Crippen LogP contribution in [0.5, 0.6) is 0 Å². The zero-order valence-electron chi connectivity index (χ0n) is 15.6. The summed E-state index contributed by atoms with van der Waals surface area (Å²) < 4.78 is 12.9. The molecule has 0 aliphatic carbocycles. The molecule has 0 saturated carbocycles. The number of nitriles is 1. The summed E-state index contributed by atoms with van der Waals surface area (Å²) in [5, 5.41) is 9.81. The first kappa shape index (κ1) is 22.4. The number of fused-ring (bicyclic) bond motifs is 1. The highest BCUT2D eigenvalue weighted by Crippen LogP contribution is 2.33. The summed E-state index contributed by atoms with van der Waals surface area (Å²) in [4.78, 5) is 12.2. The van der Waals surface area contributed by atoms with Gasteiger partial charge in [0.15, 0.2) is 5.78 Å². The van der Waals surface area contributed by atoms with Crippen molar-refractivity contribution in [1.82, 2.24) is 8.28 Å². The Hall–Kier alpha value is -0.930. The molecule has 2 aromatic rings. The largest absolute Gasteiger partial charge is 0.379 e. The van der Waals surface area contributed by atoms with Gasteiger partial charge >= 0.3 is 0 Å². The van der Waals surface area contributed by atoms with E-state index in [4.69, 9.17) is 10.00 Å². The number of carbonyl (C=O) groups excluding carboxylic acids is 1. The predicted molar refractivity (Wildman–Crippen MR) is 123 cm³/mol. The van der Waals surface area contributed by atoms with E-state index in [0.717, 1.165) is 48.5 Å². The van der Waals surface area contributed by atoms with Gasteiger partial charge in [0.1, 0.15) is 6.42 Å². The van der Waals surface area contributed by atoms with Crippen molar-refractivity contribution >= 4 is 64.8 Å². The number of carbonyl (C=O) groups is 1. The topological polar surface area (TPSA) is 70.3 Å². The van der Waals surface area contributed by atoms with Crippen molar-refractivity contribution in [1.29, 1.82) is 5.26 Å². The van der Waals surface area contributed by atoms with Crippen LogP contribution in [0.15, 0.2) is 18.2 Å². The molecule has 0 amide bonds. The Bertz CT molecular complexity index is 829. The van der Waals surface area contributed by atoms with E-state index in [1.165, 1.54) is 9.12 Å². The summed E-state index contributed by atoms with van der Waals surface area (Å²) in [5.41, 5.74) is 3.67. The van der Waals surface area contributed by atoms with Crippen LogP contribution in [-0.4, -0.2) is 40.4 Å². The number of aromatic nitrogens is 1. The van der Waals surface area contributed by atoms with E-state index < -0.39 is 0 Å². The van der Waals surface area contributed by atoms with Crippen LogP contribution in [0.1, 0.15) is 36.3 Å². The number of aryl methyl sites for hydroxylation is 1. The summed E-state index contributed by atoms with van der Waals surface area (Å²) in [6, 6.07) is 7.94. The van der Waals surface area contributed by atoms with Gasteiger partial charge in [-0.25, -0.2) is 4.31 Å². The zero-order chi connectivity index (χ0) is 19.8. The Labute approximate surface area is 181 Å². The van der Waals surface area contributed by atoms with E-state index in [-0.39, 0.29) is 12.2 Å². The molecule has 1 aromatic carbocycles. The minimum Gasteiger partial charge on any atom is -0.379 e. The van der Waals surface area contributed by atoms with Gasteiger partial charge in [0.25, 0.3) is 0 Å². The van der Waals surface area contributed by atoms with Crippen molar-refractivity contribution in [3.8, 4) is 6.07 Å². The molecule has 1 fully saturated rings. The van der Waals surface area contributed by atoms with Gasteiger partial charge in [-0.3, -0.25) is 8.77 Å². The van der Waals surface area contributed by atoms with Crippen LogP contribution in [-0.2, 0) is 4.74 Å². The molecule has 1 N–H and O–H groups in total. The van der Waals surface area contributed by atoms with Crippen LogP contribution in [0.25, 0.3) is 10.9 Å². The van der Waals surface area contributed by atoms with Crippen LogP contribution in [0.2, 0.25) is 0 Å². The fraction of sp³-hybridized carbons (Fsp3) is 0.444. The van der Waals surface area contributed by atoms with Crippen LogP contribution in [0.4, 0.5) is 5.69 Å². The van der Waals surface area contributed by atoms with E-state index in [0.29, 0.717) is 5.69 Å². The lowest BCUT2D eigenvalue weighted by Crippen LogP contribution is -2.32. The number of rotatable bonds is 6. The van der Waals surface area contributed by atoms with E-state index in [2.05, 4.69) is 42.4 Å². The van der Waals surface area contributed by atoms with E-state index in [1.807, 2.05) is 36.9 Å². The molecular weight excluding hydrogens is 495 g/mol. The molecule has 146 valence electrons. The monoisotopic (exact) mass is 518 g/mol. The Morgan fingerprint density at radius 3 is 2.67 bits per heavy atom. The van der Waals surface area contributed by atoms with Crippen molar-refractivity contribution in [3.05, 3.63) is 29.5 Å². The third-order valence-corrected chi connectivity index (χ3v) is 6.60. The van der Waals surface area contributed by atoms with Gasteiger partial charge in [-0.15, -0.1) is 0 Å². The molecular formula is C18H23IN4O2S2. The average molecular weight is 518 g/mol. The van der Waals surface area contributed by atoms with E-state index in [9.17, 15) is 4.79 Å². The number of halogens is 1. The molecule has 0 atom stereocenters. The summed E-state index contributed by atoms with van der Waals surface area (Å²) in [7, 11) is 1.44. The van der Waals surface area contributed by atoms with E-state index >= 15 is 0 Å². The molecule has 1 aliphatic rings. The highest BCUT2D eigenvalue weighted by atomic mass is 127. The number of nitrogens with zero attached hydrogens (tertiary/aromatic N) is 3. The number of hydrogen-bond acceptors (Lipinski definition) is 7. The van der Waals surface area contributed by atoms with Crippen molar-refractivity contribution in [2.45, 2.75) is 27.2 Å². The Kier molecular flexibility index (Phi) is 9.25. The van der Waals surface area contributed by atoms with Crippen molar-refractivity contribution in [2.75, 3.05) is 31.0 Å². The fourth-order valence-electron chi connectivity index (χ4n) is 2.64. The van der Waals surface area contributed by atoms with Gasteiger partial charge in [0.2, 0.25) is 0 Å². The number of nitrogens with one attached hydrogen (secondary N) is 1. The number of hydrogen-bond donors (Lipinski definition) is 1. The second kappa shape index (κ2) is 11.2. The first-order valence-electron chi connectivity index (χ1n) is 8.75. The van der Waals surface area contributed by atoms with Crippen molar-refractivity contribution in [3.63, 3.8) is 0 Å². The maximum atomic E-state index is 12.2. The Balaban J connectivity index is 0.00000126. The van der Waals surface area contributed by atoms with Gasteiger partial charge in [-0.05, 0) is 30.7 Å². The first-order valence-corrected chi connectivity index (χ1v) is 12.8. The Morgan fingerprint density at radius 1 is 1.33 bits per heavy atom. The van der Waals surface area contributed by atoms with Gasteiger partial charge < -0.3 is 9.46 Å². The smallest absolute Gasteiger partial charge is 0.194 e. The summed E-state index contributed by atoms with van der Waals surface area (Å²) in [6.45, 7) is 9.35. The van der Waals surface area contributed by atoms with Gasteiger partial charge in [-0.2, -0.15) is 5.26 Å². The minimum atomic E-state index is -0.155. The molecule has 1 aromatic heterocycles. The number of morpholine rings is 1. The van der Waals surface area contributed by atoms with Gasteiger partial charge in [0.05, 0.1) is 36.2 Å². The number of ketones is 1. The molecule has 6 nitrogen and oxygen atoms in total. The quantitative estimate of drug-likeness (QED) is 0.319. The lowest BCUT2D eigenvalue weighted by Gasteiger charge is -2.25. The van der Waals surface area contributed by atoms with Crippen molar-refractivity contribution < 1.29 is 9.53 Å². The van der Waals surface area contributed by atoms with Crippen molar-refractivity contribution in [2.24, 2.45) is 0 Å². The maximum Gasteiger partial charge on any atom is 0.194 e. The highest BCUT2D eigenvalue weighted by Gasteiger charge is 2.17.